The monoisotopic (exact) mass is 479 g/mol. The molecule has 0 aliphatic heterocycles. The van der Waals surface area contributed by atoms with Gasteiger partial charge in [-0.15, -0.1) is 0 Å². The molecule has 4 N–H and O–H groups in total. The number of anilines is 1. The zero-order valence-electron chi connectivity index (χ0n) is 21.6. The Labute approximate surface area is 209 Å². The molecule has 1 amide bonds. The van der Waals surface area contributed by atoms with Crippen molar-refractivity contribution in [3.8, 4) is 0 Å². The number of rotatable bonds is 2. The molecule has 6 heteroatoms. The third kappa shape index (κ3) is 3.80. The van der Waals surface area contributed by atoms with Crippen LogP contribution in [0.1, 0.15) is 64.0 Å². The molecule has 0 radical (unpaired) electrons. The van der Waals surface area contributed by atoms with E-state index in [4.69, 9.17) is 0 Å². The zero-order valence-corrected chi connectivity index (χ0v) is 21.6. The summed E-state index contributed by atoms with van der Waals surface area (Å²) < 4.78 is 0. The number of hydrogen-bond donors (Lipinski definition) is 4. The molecule has 1 aromatic rings. The van der Waals surface area contributed by atoms with Gasteiger partial charge in [-0.25, -0.2) is 0 Å². The van der Waals surface area contributed by atoms with Crippen molar-refractivity contribution >= 4 is 11.6 Å². The van der Waals surface area contributed by atoms with Crippen LogP contribution in [0.25, 0.3) is 0 Å². The van der Waals surface area contributed by atoms with Crippen LogP contribution in [0.15, 0.2) is 41.6 Å². The number of hydrogen-bond acceptors (Lipinski definition) is 5. The summed E-state index contributed by atoms with van der Waals surface area (Å²) in [5.74, 6) is 0.993. The zero-order chi connectivity index (χ0) is 25.0. The summed E-state index contributed by atoms with van der Waals surface area (Å²) in [6.07, 6.45) is 13.2. The molecule has 3 saturated carbocycles. The van der Waals surface area contributed by atoms with Gasteiger partial charge in [-0.05, 0) is 107 Å². The first-order valence-corrected chi connectivity index (χ1v) is 13.3. The third-order valence-corrected chi connectivity index (χ3v) is 9.91. The number of amides is 1. The molecular formula is C29H41N3O3. The Hall–Kier alpha value is -2.02. The van der Waals surface area contributed by atoms with E-state index in [2.05, 4.69) is 34.7 Å². The van der Waals surface area contributed by atoms with Gasteiger partial charge in [-0.2, -0.15) is 0 Å². The lowest BCUT2D eigenvalue weighted by atomic mass is 9.58. The van der Waals surface area contributed by atoms with E-state index in [0.717, 1.165) is 68.3 Å². The van der Waals surface area contributed by atoms with E-state index in [-0.39, 0.29) is 28.8 Å². The molecule has 0 bridgehead atoms. The second-order valence-corrected chi connectivity index (χ2v) is 11.9. The number of pyridine rings is 1. The Bertz CT molecular complexity index is 1070. The second-order valence-electron chi connectivity index (χ2n) is 11.9. The lowest BCUT2D eigenvalue weighted by Crippen LogP contribution is -2.50. The molecule has 35 heavy (non-hydrogen) atoms. The fourth-order valence-electron chi connectivity index (χ4n) is 8.14. The SMILES string of the molecule is CNC.Cc1ncccc1NC(=O)C1=CCC2C1(C)CC=C1C3CC34CC(O)CCC4CC[C@@]12O. The van der Waals surface area contributed by atoms with Crippen LogP contribution in [0.3, 0.4) is 0 Å². The number of aliphatic hydroxyl groups is 2. The van der Waals surface area contributed by atoms with Crippen LogP contribution in [0.5, 0.6) is 0 Å². The molecule has 190 valence electrons. The highest BCUT2D eigenvalue weighted by atomic mass is 16.3. The average molecular weight is 480 g/mol. The Balaban J connectivity index is 0.000000806. The van der Waals surface area contributed by atoms with Gasteiger partial charge in [0.15, 0.2) is 0 Å². The smallest absolute Gasteiger partial charge is 0.251 e. The van der Waals surface area contributed by atoms with Gasteiger partial charge < -0.3 is 20.8 Å². The van der Waals surface area contributed by atoms with Crippen LogP contribution < -0.4 is 10.6 Å². The minimum atomic E-state index is -0.841. The van der Waals surface area contributed by atoms with Gasteiger partial charge in [0.2, 0.25) is 0 Å². The normalized spacial score (nSPS) is 40.9. The predicted molar refractivity (Wildman–Crippen MR) is 138 cm³/mol. The van der Waals surface area contributed by atoms with E-state index >= 15 is 0 Å². The molecule has 3 fully saturated rings. The molecule has 1 aromatic heterocycles. The van der Waals surface area contributed by atoms with Gasteiger partial charge >= 0.3 is 0 Å². The summed E-state index contributed by atoms with van der Waals surface area (Å²) in [5, 5.41) is 28.4. The lowest BCUT2D eigenvalue weighted by Gasteiger charge is -2.49. The number of aryl methyl sites for hydroxylation is 1. The number of allylic oxidation sites excluding steroid dienone is 2. The predicted octanol–water partition coefficient (Wildman–Crippen LogP) is 4.14. The summed E-state index contributed by atoms with van der Waals surface area (Å²) >= 11 is 0. The van der Waals surface area contributed by atoms with Gasteiger partial charge in [0.05, 0.1) is 23.1 Å². The quantitative estimate of drug-likeness (QED) is 0.479. The van der Waals surface area contributed by atoms with Crippen LogP contribution in [0.4, 0.5) is 5.69 Å². The van der Waals surface area contributed by atoms with Crippen molar-refractivity contribution in [2.45, 2.75) is 76.9 Å². The van der Waals surface area contributed by atoms with Gasteiger partial charge in [-0.3, -0.25) is 9.78 Å². The fraction of sp³-hybridized carbons (Fsp3) is 0.655. The number of nitrogens with one attached hydrogen (secondary N) is 2. The number of carbonyl (C=O) groups excluding carboxylic acids is 1. The van der Waals surface area contributed by atoms with Crippen LogP contribution in [-0.4, -0.2) is 46.9 Å². The van der Waals surface area contributed by atoms with Crippen molar-refractivity contribution in [1.29, 1.82) is 0 Å². The molecular weight excluding hydrogens is 438 g/mol. The fourth-order valence-corrected chi connectivity index (χ4v) is 8.14. The van der Waals surface area contributed by atoms with Crippen LogP contribution in [0, 0.1) is 35.5 Å². The van der Waals surface area contributed by atoms with Crippen molar-refractivity contribution in [2.75, 3.05) is 19.4 Å². The maximum absolute atomic E-state index is 13.3. The van der Waals surface area contributed by atoms with Crippen molar-refractivity contribution < 1.29 is 15.0 Å². The maximum Gasteiger partial charge on any atom is 0.251 e. The van der Waals surface area contributed by atoms with E-state index in [9.17, 15) is 15.0 Å². The molecule has 5 aliphatic rings. The number of aromatic nitrogens is 1. The van der Waals surface area contributed by atoms with E-state index in [0.29, 0.717) is 11.8 Å². The molecule has 5 aliphatic carbocycles. The van der Waals surface area contributed by atoms with E-state index in [1.807, 2.05) is 33.2 Å². The molecule has 6 rings (SSSR count). The van der Waals surface area contributed by atoms with Crippen molar-refractivity contribution in [1.82, 2.24) is 10.3 Å². The summed E-state index contributed by atoms with van der Waals surface area (Å²) in [7, 11) is 3.75. The molecule has 1 spiro atoms. The number of fused-ring (bicyclic) bond motifs is 4. The van der Waals surface area contributed by atoms with Crippen molar-refractivity contribution in [3.05, 3.63) is 47.3 Å². The highest BCUT2D eigenvalue weighted by Gasteiger charge is 2.69. The first kappa shape index (κ1) is 24.7. The molecule has 6 nitrogen and oxygen atoms in total. The Morgan fingerprint density at radius 2 is 1.94 bits per heavy atom. The van der Waals surface area contributed by atoms with Gasteiger partial charge in [-0.1, -0.05) is 19.1 Å². The third-order valence-electron chi connectivity index (χ3n) is 9.91. The Morgan fingerprint density at radius 1 is 1.17 bits per heavy atom. The van der Waals surface area contributed by atoms with Gasteiger partial charge in [0.25, 0.3) is 5.91 Å². The first-order chi connectivity index (χ1) is 16.7. The van der Waals surface area contributed by atoms with E-state index in [1.54, 1.807) is 6.20 Å². The number of carbonyl (C=O) groups is 1. The molecule has 0 saturated heterocycles. The van der Waals surface area contributed by atoms with E-state index < -0.39 is 5.60 Å². The molecule has 0 aromatic carbocycles. The number of nitrogens with zero attached hydrogens (tertiary/aromatic N) is 1. The molecule has 1 heterocycles. The Morgan fingerprint density at radius 3 is 2.69 bits per heavy atom. The largest absolute Gasteiger partial charge is 0.393 e. The van der Waals surface area contributed by atoms with Gasteiger partial charge in [0, 0.05) is 23.1 Å². The highest BCUT2D eigenvalue weighted by molar-refractivity contribution is 6.05. The standard InChI is InChI=1S/C27H34N2O3.C2H7N/c1-16-22(4-3-13-28-16)29-24(31)20-7-8-23-25(20,2)11-10-19-21-15-26(21)14-18(30)6-5-17(26)9-12-27(19,23)32;1-3-2/h3-4,7,10,13,17-18,21,23,30,32H,5-6,8-9,11-12,14-15H2,1-2H3,(H,29,31);3H,1-2H3/t17?,18?,21?,23?,25?,26?,27-;/m1./s1. The topological polar surface area (TPSA) is 94.5 Å². The lowest BCUT2D eigenvalue weighted by molar-refractivity contribution is -0.115. The van der Waals surface area contributed by atoms with Crippen LogP contribution >= 0.6 is 0 Å². The van der Waals surface area contributed by atoms with Crippen molar-refractivity contribution in [3.63, 3.8) is 0 Å². The second kappa shape index (κ2) is 8.82. The summed E-state index contributed by atoms with van der Waals surface area (Å²) in [5.41, 5.74) is 2.59. The maximum atomic E-state index is 13.3. The summed E-state index contributed by atoms with van der Waals surface area (Å²) in [6.45, 7) is 4.07. The first-order valence-electron chi connectivity index (χ1n) is 13.3. The van der Waals surface area contributed by atoms with Crippen molar-refractivity contribution in [2.24, 2.45) is 28.6 Å². The minimum Gasteiger partial charge on any atom is -0.393 e. The minimum absolute atomic E-state index is 0.0356. The molecule has 6 unspecified atom stereocenters. The van der Waals surface area contributed by atoms with Gasteiger partial charge in [0.1, 0.15) is 0 Å². The van der Waals surface area contributed by atoms with E-state index in [1.165, 1.54) is 5.57 Å². The summed E-state index contributed by atoms with van der Waals surface area (Å²) in [4.78, 5) is 17.6. The van der Waals surface area contributed by atoms with Crippen LogP contribution in [0.2, 0.25) is 0 Å². The highest BCUT2D eigenvalue weighted by Crippen LogP contribution is 2.73. The average Bonchev–Trinajstić information content (AvgIpc) is 3.38. The number of aliphatic hydroxyl groups excluding tert-OH is 1. The molecule has 7 atom stereocenters. The summed E-state index contributed by atoms with van der Waals surface area (Å²) in [6, 6.07) is 3.72. The Kier molecular flexibility index (Phi) is 6.22. The van der Waals surface area contributed by atoms with Crippen LogP contribution in [-0.2, 0) is 4.79 Å².